The van der Waals surface area contributed by atoms with Crippen molar-refractivity contribution in [1.29, 1.82) is 0 Å². The van der Waals surface area contributed by atoms with E-state index in [1.807, 2.05) is 68.3 Å². The minimum atomic E-state index is -0.0213. The van der Waals surface area contributed by atoms with E-state index in [-0.39, 0.29) is 5.91 Å². The molecule has 0 aromatic heterocycles. The van der Waals surface area contributed by atoms with Gasteiger partial charge in [0.1, 0.15) is 0 Å². The first kappa shape index (κ1) is 16.5. The van der Waals surface area contributed by atoms with Crippen LogP contribution < -0.4 is 5.32 Å². The maximum atomic E-state index is 12.2. The average molecular weight is 317 g/mol. The Morgan fingerprint density at radius 3 is 2.36 bits per heavy atom. The van der Waals surface area contributed by atoms with Gasteiger partial charge in [-0.05, 0) is 43.7 Å². The van der Waals surface area contributed by atoms with Gasteiger partial charge in [-0.25, -0.2) is 0 Å². The zero-order valence-electron chi connectivity index (χ0n) is 13.2. The number of rotatable bonds is 5. The Kier molecular flexibility index (Phi) is 5.58. The lowest BCUT2D eigenvalue weighted by molar-refractivity contribution is -0.117. The highest BCUT2D eigenvalue weighted by molar-refractivity contribution is 6.31. The number of para-hydroxylation sites is 1. The minimum absolute atomic E-state index is 0.0213. The van der Waals surface area contributed by atoms with E-state index in [0.717, 1.165) is 27.4 Å². The Hall–Kier alpha value is -1.84. The molecule has 22 heavy (non-hydrogen) atoms. The summed E-state index contributed by atoms with van der Waals surface area (Å²) in [6.07, 6.45) is 0. The molecule has 0 saturated heterocycles. The lowest BCUT2D eigenvalue weighted by Crippen LogP contribution is -2.30. The van der Waals surface area contributed by atoms with Gasteiger partial charge < -0.3 is 5.32 Å². The molecule has 1 amide bonds. The molecule has 2 rings (SSSR count). The first-order valence-electron chi connectivity index (χ1n) is 7.25. The van der Waals surface area contributed by atoms with Crippen molar-refractivity contribution < 1.29 is 4.79 Å². The topological polar surface area (TPSA) is 32.3 Å². The number of benzene rings is 2. The monoisotopic (exact) mass is 316 g/mol. The summed E-state index contributed by atoms with van der Waals surface area (Å²) in [5, 5.41) is 3.72. The van der Waals surface area contributed by atoms with Crippen molar-refractivity contribution in [3.63, 3.8) is 0 Å². The van der Waals surface area contributed by atoms with E-state index in [1.165, 1.54) is 0 Å². The third-order valence-corrected chi connectivity index (χ3v) is 3.93. The number of halogens is 1. The predicted octanol–water partition coefficient (Wildman–Crippen LogP) is 4.03. The molecule has 0 fully saturated rings. The Balaban J connectivity index is 1.96. The van der Waals surface area contributed by atoms with Crippen molar-refractivity contribution in [2.75, 3.05) is 18.9 Å². The SMILES string of the molecule is Cc1cccc(C)c1NC(=O)CN(C)Cc1ccccc1Cl. The number of carbonyl (C=O) groups is 1. The van der Waals surface area contributed by atoms with E-state index in [1.54, 1.807) is 0 Å². The normalized spacial score (nSPS) is 10.8. The van der Waals surface area contributed by atoms with Gasteiger partial charge in [-0.1, -0.05) is 48.0 Å². The van der Waals surface area contributed by atoms with Gasteiger partial charge in [0.2, 0.25) is 5.91 Å². The Labute approximate surface area is 136 Å². The summed E-state index contributed by atoms with van der Waals surface area (Å²) in [5.74, 6) is -0.0213. The number of likely N-dealkylation sites (N-methyl/N-ethyl adjacent to an activating group) is 1. The molecule has 0 bridgehead atoms. The van der Waals surface area contributed by atoms with Gasteiger partial charge in [0.15, 0.2) is 0 Å². The Bertz CT molecular complexity index is 650. The maximum absolute atomic E-state index is 12.2. The van der Waals surface area contributed by atoms with Gasteiger partial charge >= 0.3 is 0 Å². The standard InChI is InChI=1S/C18H21ClN2O/c1-13-7-6-8-14(2)18(13)20-17(22)12-21(3)11-15-9-4-5-10-16(15)19/h4-10H,11-12H2,1-3H3,(H,20,22). The zero-order valence-corrected chi connectivity index (χ0v) is 13.9. The molecule has 1 N–H and O–H groups in total. The highest BCUT2D eigenvalue weighted by Crippen LogP contribution is 2.20. The van der Waals surface area contributed by atoms with Crippen LogP contribution in [-0.2, 0) is 11.3 Å². The molecule has 0 aliphatic carbocycles. The summed E-state index contributed by atoms with van der Waals surface area (Å²) in [5.41, 5.74) is 4.06. The van der Waals surface area contributed by atoms with Crippen LogP contribution in [0.1, 0.15) is 16.7 Å². The lowest BCUT2D eigenvalue weighted by Gasteiger charge is -2.18. The van der Waals surface area contributed by atoms with Crippen LogP contribution >= 0.6 is 11.6 Å². The molecule has 116 valence electrons. The molecule has 0 heterocycles. The molecule has 0 atom stereocenters. The van der Waals surface area contributed by atoms with Crippen LogP contribution in [0.4, 0.5) is 5.69 Å². The van der Waals surface area contributed by atoms with Crippen LogP contribution in [0.15, 0.2) is 42.5 Å². The number of aryl methyl sites for hydroxylation is 2. The smallest absolute Gasteiger partial charge is 0.238 e. The van der Waals surface area contributed by atoms with Crippen LogP contribution in [0, 0.1) is 13.8 Å². The Morgan fingerprint density at radius 1 is 1.09 bits per heavy atom. The first-order valence-corrected chi connectivity index (χ1v) is 7.63. The van der Waals surface area contributed by atoms with Crippen LogP contribution in [0.3, 0.4) is 0 Å². The predicted molar refractivity (Wildman–Crippen MR) is 92.3 cm³/mol. The fourth-order valence-electron chi connectivity index (χ4n) is 2.41. The van der Waals surface area contributed by atoms with Crippen molar-refractivity contribution in [3.05, 3.63) is 64.2 Å². The number of hydrogen-bond donors (Lipinski definition) is 1. The second kappa shape index (κ2) is 7.43. The number of amides is 1. The van der Waals surface area contributed by atoms with Crippen LogP contribution in [0.2, 0.25) is 5.02 Å². The molecule has 2 aromatic rings. The van der Waals surface area contributed by atoms with E-state index < -0.39 is 0 Å². The number of nitrogens with zero attached hydrogens (tertiary/aromatic N) is 1. The van der Waals surface area contributed by atoms with Crippen molar-refractivity contribution >= 4 is 23.2 Å². The number of anilines is 1. The second-order valence-electron chi connectivity index (χ2n) is 5.58. The zero-order chi connectivity index (χ0) is 16.1. The summed E-state index contributed by atoms with van der Waals surface area (Å²) < 4.78 is 0. The van der Waals surface area contributed by atoms with Crippen molar-refractivity contribution in [3.8, 4) is 0 Å². The molecular formula is C18H21ClN2O. The Morgan fingerprint density at radius 2 is 1.73 bits per heavy atom. The van der Waals surface area contributed by atoms with E-state index in [0.29, 0.717) is 13.1 Å². The second-order valence-corrected chi connectivity index (χ2v) is 5.99. The highest BCUT2D eigenvalue weighted by Gasteiger charge is 2.11. The lowest BCUT2D eigenvalue weighted by atomic mass is 10.1. The molecule has 0 aliphatic heterocycles. The van der Waals surface area contributed by atoms with Crippen molar-refractivity contribution in [2.45, 2.75) is 20.4 Å². The van der Waals surface area contributed by atoms with E-state index >= 15 is 0 Å². The van der Waals surface area contributed by atoms with Gasteiger partial charge in [0, 0.05) is 17.3 Å². The van der Waals surface area contributed by atoms with Crippen molar-refractivity contribution in [1.82, 2.24) is 4.90 Å². The van der Waals surface area contributed by atoms with Crippen LogP contribution in [0.25, 0.3) is 0 Å². The molecule has 4 heteroatoms. The van der Waals surface area contributed by atoms with Gasteiger partial charge in [-0.3, -0.25) is 9.69 Å². The van der Waals surface area contributed by atoms with E-state index in [9.17, 15) is 4.79 Å². The first-order chi connectivity index (χ1) is 10.5. The fraction of sp³-hybridized carbons (Fsp3) is 0.278. The van der Waals surface area contributed by atoms with Gasteiger partial charge in [0.25, 0.3) is 0 Å². The summed E-state index contributed by atoms with van der Waals surface area (Å²) >= 11 is 6.15. The van der Waals surface area contributed by atoms with E-state index in [4.69, 9.17) is 11.6 Å². The summed E-state index contributed by atoms with van der Waals surface area (Å²) in [6.45, 7) is 4.95. The van der Waals surface area contributed by atoms with Gasteiger partial charge in [-0.15, -0.1) is 0 Å². The molecular weight excluding hydrogens is 296 g/mol. The largest absolute Gasteiger partial charge is 0.324 e. The molecule has 0 radical (unpaired) electrons. The maximum Gasteiger partial charge on any atom is 0.238 e. The van der Waals surface area contributed by atoms with Gasteiger partial charge in [0.05, 0.1) is 6.54 Å². The average Bonchev–Trinajstić information content (AvgIpc) is 2.45. The van der Waals surface area contributed by atoms with Crippen LogP contribution in [0.5, 0.6) is 0 Å². The molecule has 0 aliphatic rings. The third kappa shape index (κ3) is 4.33. The molecule has 0 spiro atoms. The number of hydrogen-bond acceptors (Lipinski definition) is 2. The number of carbonyl (C=O) groups excluding carboxylic acids is 1. The summed E-state index contributed by atoms with van der Waals surface area (Å²) in [6, 6.07) is 13.7. The summed E-state index contributed by atoms with van der Waals surface area (Å²) in [4.78, 5) is 14.2. The molecule has 0 saturated carbocycles. The summed E-state index contributed by atoms with van der Waals surface area (Å²) in [7, 11) is 1.91. The fourth-order valence-corrected chi connectivity index (χ4v) is 2.60. The van der Waals surface area contributed by atoms with Gasteiger partial charge in [-0.2, -0.15) is 0 Å². The third-order valence-electron chi connectivity index (χ3n) is 3.56. The molecule has 2 aromatic carbocycles. The molecule has 3 nitrogen and oxygen atoms in total. The number of nitrogens with one attached hydrogen (secondary N) is 1. The minimum Gasteiger partial charge on any atom is -0.324 e. The quantitative estimate of drug-likeness (QED) is 0.903. The molecule has 0 unspecified atom stereocenters. The van der Waals surface area contributed by atoms with Crippen LogP contribution in [-0.4, -0.2) is 24.4 Å². The van der Waals surface area contributed by atoms with Crippen molar-refractivity contribution in [2.24, 2.45) is 0 Å². The van der Waals surface area contributed by atoms with E-state index in [2.05, 4.69) is 5.32 Å². The highest BCUT2D eigenvalue weighted by atomic mass is 35.5.